The Labute approximate surface area is 189 Å². The number of hydrogen-bond donors (Lipinski definition) is 1. The molecule has 6 nitrogen and oxygen atoms in total. The second-order valence-electron chi connectivity index (χ2n) is 6.84. The summed E-state index contributed by atoms with van der Waals surface area (Å²) in [5, 5.41) is 3.87. The van der Waals surface area contributed by atoms with Crippen molar-refractivity contribution in [1.29, 1.82) is 0 Å². The lowest BCUT2D eigenvalue weighted by molar-refractivity contribution is -0.143. The Hall–Kier alpha value is -2.71. The zero-order valence-electron chi connectivity index (χ0n) is 16.4. The molecule has 2 atom stereocenters. The van der Waals surface area contributed by atoms with Crippen molar-refractivity contribution < 1.29 is 9.53 Å². The quantitative estimate of drug-likeness (QED) is 0.418. The number of nitrogens with one attached hydrogen (secondary N) is 1. The van der Waals surface area contributed by atoms with E-state index in [1.807, 2.05) is 59.6 Å². The highest BCUT2D eigenvalue weighted by Crippen LogP contribution is 2.39. The zero-order chi connectivity index (χ0) is 21.1. The smallest absolute Gasteiger partial charge is 0.325 e. The molecule has 2 aromatic heterocycles. The van der Waals surface area contributed by atoms with Crippen LogP contribution in [0, 0.1) is 0 Å². The lowest BCUT2D eigenvalue weighted by Gasteiger charge is -2.28. The first-order chi connectivity index (χ1) is 14.6. The van der Waals surface area contributed by atoms with Gasteiger partial charge in [0.05, 0.1) is 24.4 Å². The van der Waals surface area contributed by atoms with E-state index in [2.05, 4.69) is 36.9 Å². The normalized spacial score (nSPS) is 18.3. The first-order valence-corrected chi connectivity index (χ1v) is 10.9. The molecule has 1 aliphatic rings. The van der Waals surface area contributed by atoms with Gasteiger partial charge < -0.3 is 19.5 Å². The van der Waals surface area contributed by atoms with Crippen molar-refractivity contribution in [2.24, 2.45) is 0 Å². The Bertz CT molecular complexity index is 1040. The third-order valence-corrected chi connectivity index (χ3v) is 5.87. The molecule has 1 fully saturated rings. The van der Waals surface area contributed by atoms with E-state index in [9.17, 15) is 4.79 Å². The molecule has 1 saturated heterocycles. The lowest BCUT2D eigenvalue weighted by Crippen LogP contribution is -2.36. The van der Waals surface area contributed by atoms with Gasteiger partial charge in [-0.05, 0) is 67.7 Å². The number of nitrogens with zero attached hydrogens (tertiary/aromatic N) is 3. The molecule has 0 amide bonds. The molecule has 3 aromatic rings. The van der Waals surface area contributed by atoms with Crippen LogP contribution in [0.5, 0.6) is 0 Å². The van der Waals surface area contributed by atoms with Crippen molar-refractivity contribution >= 4 is 39.2 Å². The third-order valence-electron chi connectivity index (χ3n) is 4.99. The highest BCUT2D eigenvalue weighted by Gasteiger charge is 2.42. The van der Waals surface area contributed by atoms with Crippen LogP contribution in [0.15, 0.2) is 71.5 Å². The number of hydrogen-bond acceptors (Lipinski definition) is 4. The molecule has 0 saturated carbocycles. The molecule has 1 N–H and O–H groups in total. The van der Waals surface area contributed by atoms with Crippen LogP contribution in [0.3, 0.4) is 0 Å². The Kier molecular flexibility index (Phi) is 6.15. The highest BCUT2D eigenvalue weighted by molar-refractivity contribution is 9.10. The summed E-state index contributed by atoms with van der Waals surface area (Å²) in [5.41, 5.74) is 2.89. The van der Waals surface area contributed by atoms with Crippen LogP contribution in [0.1, 0.15) is 30.4 Å². The molecule has 0 bridgehead atoms. The number of ether oxygens (including phenoxy) is 1. The van der Waals surface area contributed by atoms with Gasteiger partial charge in [0.1, 0.15) is 6.54 Å². The molecular formula is C22H21BrN4O2S. The average molecular weight is 485 g/mol. The van der Waals surface area contributed by atoms with Crippen molar-refractivity contribution in [3.05, 3.63) is 82.9 Å². The van der Waals surface area contributed by atoms with Crippen LogP contribution >= 0.6 is 28.1 Å². The Morgan fingerprint density at radius 1 is 1.20 bits per heavy atom. The average Bonchev–Trinajstić information content (AvgIpc) is 3.34. The first-order valence-electron chi connectivity index (χ1n) is 9.65. The molecule has 1 aromatic carbocycles. The van der Waals surface area contributed by atoms with Gasteiger partial charge in [0.15, 0.2) is 5.11 Å². The minimum atomic E-state index is -0.310. The van der Waals surface area contributed by atoms with Gasteiger partial charge in [-0.3, -0.25) is 9.78 Å². The van der Waals surface area contributed by atoms with E-state index < -0.39 is 0 Å². The highest BCUT2D eigenvalue weighted by atomic mass is 79.9. The molecule has 8 heteroatoms. The van der Waals surface area contributed by atoms with Crippen molar-refractivity contribution in [2.45, 2.75) is 19.0 Å². The number of benzene rings is 1. The van der Waals surface area contributed by atoms with E-state index in [1.165, 1.54) is 0 Å². The van der Waals surface area contributed by atoms with Gasteiger partial charge in [-0.1, -0.05) is 22.0 Å². The largest absolute Gasteiger partial charge is 0.465 e. The summed E-state index contributed by atoms with van der Waals surface area (Å²) in [4.78, 5) is 18.7. The first kappa shape index (κ1) is 20.6. The van der Waals surface area contributed by atoms with Gasteiger partial charge in [0, 0.05) is 28.2 Å². The fourth-order valence-corrected chi connectivity index (χ4v) is 4.28. The fraction of sp³-hybridized carbons (Fsp3) is 0.227. The molecule has 0 radical (unpaired) electrons. The minimum Gasteiger partial charge on any atom is -0.465 e. The summed E-state index contributed by atoms with van der Waals surface area (Å²) >= 11 is 9.10. The molecule has 3 heterocycles. The van der Waals surface area contributed by atoms with Gasteiger partial charge in [-0.2, -0.15) is 0 Å². The van der Waals surface area contributed by atoms with Gasteiger partial charge in [-0.15, -0.1) is 0 Å². The number of esters is 1. The molecule has 0 spiro atoms. The third kappa shape index (κ3) is 4.11. The van der Waals surface area contributed by atoms with E-state index in [1.54, 1.807) is 13.1 Å². The van der Waals surface area contributed by atoms with Gasteiger partial charge in [0.25, 0.3) is 0 Å². The van der Waals surface area contributed by atoms with E-state index in [4.69, 9.17) is 17.0 Å². The zero-order valence-corrected chi connectivity index (χ0v) is 18.8. The maximum atomic E-state index is 12.3. The number of pyridine rings is 1. The van der Waals surface area contributed by atoms with Gasteiger partial charge >= 0.3 is 5.97 Å². The van der Waals surface area contributed by atoms with Crippen molar-refractivity contribution in [3.63, 3.8) is 0 Å². The minimum absolute atomic E-state index is 0.0686. The van der Waals surface area contributed by atoms with Crippen LogP contribution in [-0.4, -0.2) is 38.7 Å². The monoisotopic (exact) mass is 484 g/mol. The molecule has 30 heavy (non-hydrogen) atoms. The number of rotatable bonds is 6. The van der Waals surface area contributed by atoms with E-state index in [0.717, 1.165) is 21.5 Å². The van der Waals surface area contributed by atoms with Crippen molar-refractivity contribution in [3.8, 4) is 5.69 Å². The Balaban J connectivity index is 1.77. The van der Waals surface area contributed by atoms with Crippen LogP contribution in [0.4, 0.5) is 0 Å². The number of carbonyl (C=O) groups is 1. The van der Waals surface area contributed by atoms with Crippen LogP contribution in [0.2, 0.25) is 0 Å². The van der Waals surface area contributed by atoms with Crippen molar-refractivity contribution in [2.75, 3.05) is 13.2 Å². The van der Waals surface area contributed by atoms with E-state index in [0.29, 0.717) is 11.7 Å². The predicted octanol–water partition coefficient (Wildman–Crippen LogP) is 4.17. The second kappa shape index (κ2) is 8.97. The van der Waals surface area contributed by atoms with Gasteiger partial charge in [-0.25, -0.2) is 0 Å². The summed E-state index contributed by atoms with van der Waals surface area (Å²) < 4.78 is 8.32. The summed E-state index contributed by atoms with van der Waals surface area (Å²) in [5.74, 6) is -0.310. The predicted molar refractivity (Wildman–Crippen MR) is 122 cm³/mol. The molecule has 1 aliphatic heterocycles. The molecular weight excluding hydrogens is 464 g/mol. The SMILES string of the molecule is CCOC(=O)CN1C(=S)NC(c2ccccn2)C1c1cccn1-c1ccc(Br)cc1. The maximum Gasteiger partial charge on any atom is 0.325 e. The molecule has 154 valence electrons. The number of thiocarbonyl (C=S) groups is 1. The Morgan fingerprint density at radius 3 is 2.70 bits per heavy atom. The number of carbonyl (C=O) groups excluding carboxylic acids is 1. The van der Waals surface area contributed by atoms with Crippen molar-refractivity contribution in [1.82, 2.24) is 19.8 Å². The molecule has 4 rings (SSSR count). The summed E-state index contributed by atoms with van der Waals surface area (Å²) in [6, 6.07) is 17.5. The summed E-state index contributed by atoms with van der Waals surface area (Å²) in [6.07, 6.45) is 3.77. The summed E-state index contributed by atoms with van der Waals surface area (Å²) in [6.45, 7) is 2.20. The molecule has 2 unspecified atom stereocenters. The van der Waals surface area contributed by atoms with Gasteiger partial charge in [0.2, 0.25) is 0 Å². The summed E-state index contributed by atoms with van der Waals surface area (Å²) in [7, 11) is 0. The van der Waals surface area contributed by atoms with Crippen LogP contribution < -0.4 is 5.32 Å². The van der Waals surface area contributed by atoms with Crippen LogP contribution in [0.25, 0.3) is 5.69 Å². The maximum absolute atomic E-state index is 12.3. The topological polar surface area (TPSA) is 59.4 Å². The Morgan fingerprint density at radius 2 is 2.00 bits per heavy atom. The number of halogens is 1. The number of aromatic nitrogens is 2. The van der Waals surface area contributed by atoms with Crippen LogP contribution in [-0.2, 0) is 9.53 Å². The second-order valence-corrected chi connectivity index (χ2v) is 8.14. The van der Waals surface area contributed by atoms with E-state index >= 15 is 0 Å². The lowest BCUT2D eigenvalue weighted by atomic mass is 10.0. The fourth-order valence-electron chi connectivity index (χ4n) is 3.72. The standard InChI is InChI=1S/C22H21BrN4O2S/c1-2-29-19(28)14-27-21(20(25-22(27)30)17-6-3-4-12-24-17)18-7-5-13-26(18)16-10-8-15(23)9-11-16/h3-13,20-21H,2,14H2,1H3,(H,25,30). The molecule has 0 aliphatic carbocycles. The van der Waals surface area contributed by atoms with E-state index in [-0.39, 0.29) is 24.6 Å².